The minimum Gasteiger partial charge on any atom is -0.378 e. The van der Waals surface area contributed by atoms with Gasteiger partial charge < -0.3 is 20.7 Å². The zero-order chi connectivity index (χ0) is 20.0. The Morgan fingerprint density at radius 2 is 1.93 bits per heavy atom. The summed E-state index contributed by atoms with van der Waals surface area (Å²) in [5, 5.41) is 9.53. The Labute approximate surface area is 192 Å². The van der Waals surface area contributed by atoms with Gasteiger partial charge in [0.15, 0.2) is 5.96 Å². The van der Waals surface area contributed by atoms with Gasteiger partial charge in [0.05, 0.1) is 6.10 Å². The Balaban J connectivity index is 0.00000420. The highest BCUT2D eigenvalue weighted by Gasteiger charge is 2.13. The maximum absolute atomic E-state index is 12.1. The summed E-state index contributed by atoms with van der Waals surface area (Å²) in [4.78, 5) is 16.4. The highest BCUT2D eigenvalue weighted by molar-refractivity contribution is 14.0. The molecule has 1 aliphatic carbocycles. The van der Waals surface area contributed by atoms with Gasteiger partial charge in [-0.1, -0.05) is 38.3 Å². The van der Waals surface area contributed by atoms with E-state index in [0.717, 1.165) is 37.5 Å². The molecule has 6 nitrogen and oxygen atoms in total. The molecular weight excluding hydrogens is 479 g/mol. The summed E-state index contributed by atoms with van der Waals surface area (Å²) in [6, 6.07) is 7.68. The molecule has 0 spiro atoms. The number of nitrogens with one attached hydrogen (secondary N) is 3. The van der Waals surface area contributed by atoms with Crippen LogP contribution in [0.25, 0.3) is 0 Å². The van der Waals surface area contributed by atoms with Gasteiger partial charge in [0.25, 0.3) is 5.91 Å². The number of nitrogens with zero attached hydrogens (tertiary/aromatic N) is 1. The molecular formula is C22H37IN4O2. The molecule has 1 aliphatic rings. The topological polar surface area (TPSA) is 74.8 Å². The molecule has 3 N–H and O–H groups in total. The second kappa shape index (κ2) is 15.5. The average Bonchev–Trinajstić information content (AvgIpc) is 2.74. The van der Waals surface area contributed by atoms with E-state index in [9.17, 15) is 4.79 Å². The zero-order valence-electron chi connectivity index (χ0n) is 17.8. The molecule has 1 aromatic rings. The van der Waals surface area contributed by atoms with Gasteiger partial charge >= 0.3 is 0 Å². The van der Waals surface area contributed by atoms with Crippen molar-refractivity contribution < 1.29 is 9.53 Å². The molecule has 2 rings (SSSR count). The van der Waals surface area contributed by atoms with Gasteiger partial charge in [-0.2, -0.15) is 0 Å². The van der Waals surface area contributed by atoms with Crippen molar-refractivity contribution in [3.63, 3.8) is 0 Å². The maximum atomic E-state index is 12.1. The summed E-state index contributed by atoms with van der Waals surface area (Å²) in [6.45, 7) is 4.98. The predicted octanol–water partition coefficient (Wildman–Crippen LogP) is 3.85. The summed E-state index contributed by atoms with van der Waals surface area (Å²) in [6.07, 6.45) is 8.76. The molecule has 1 amide bonds. The summed E-state index contributed by atoms with van der Waals surface area (Å²) in [7, 11) is 1.77. The van der Waals surface area contributed by atoms with Gasteiger partial charge in [-0.25, -0.2) is 0 Å². The van der Waals surface area contributed by atoms with E-state index in [1.807, 2.05) is 31.2 Å². The van der Waals surface area contributed by atoms with Crippen LogP contribution in [-0.2, 0) is 11.3 Å². The number of amides is 1. The fraction of sp³-hybridized carbons (Fsp3) is 0.636. The zero-order valence-corrected chi connectivity index (χ0v) is 20.2. The van der Waals surface area contributed by atoms with Gasteiger partial charge in [-0.05, 0) is 43.4 Å². The first kappa shape index (κ1) is 25.7. The normalized spacial score (nSPS) is 14.8. The molecule has 0 radical (unpaired) electrons. The lowest BCUT2D eigenvalue weighted by molar-refractivity contribution is 0.0277. The Morgan fingerprint density at radius 3 is 2.66 bits per heavy atom. The SMILES string of the molecule is CCCNC(=O)c1cccc(CNC(=NC)NCCCOC2CCCCC2)c1.I. The van der Waals surface area contributed by atoms with Crippen molar-refractivity contribution in [2.45, 2.75) is 64.5 Å². The number of benzene rings is 1. The molecule has 0 saturated heterocycles. The van der Waals surface area contributed by atoms with E-state index in [1.165, 1.54) is 32.1 Å². The molecule has 0 unspecified atom stereocenters. The van der Waals surface area contributed by atoms with Gasteiger partial charge in [-0.15, -0.1) is 24.0 Å². The Kier molecular flexibility index (Phi) is 13.7. The molecule has 0 atom stereocenters. The lowest BCUT2D eigenvalue weighted by Crippen LogP contribution is -2.37. The molecule has 1 fully saturated rings. The summed E-state index contributed by atoms with van der Waals surface area (Å²) in [5.41, 5.74) is 1.74. The third kappa shape index (κ3) is 10.3. The first-order chi connectivity index (χ1) is 13.7. The van der Waals surface area contributed by atoms with Gasteiger partial charge in [0, 0.05) is 38.9 Å². The van der Waals surface area contributed by atoms with E-state index in [1.54, 1.807) is 7.05 Å². The standard InChI is InChI=1S/C22H36N4O2.HI/c1-3-13-24-21(27)19-10-7-9-18(16-19)17-26-22(23-2)25-14-8-15-28-20-11-5-4-6-12-20;/h7,9-10,16,20H,3-6,8,11-15,17H2,1-2H3,(H,24,27)(H2,23,25,26);1H. The summed E-state index contributed by atoms with van der Waals surface area (Å²) in [5.74, 6) is 0.739. The second-order valence-electron chi connectivity index (χ2n) is 7.29. The number of halogens is 1. The molecule has 164 valence electrons. The Bertz CT molecular complexity index is 619. The van der Waals surface area contributed by atoms with Crippen LogP contribution in [0.4, 0.5) is 0 Å². The van der Waals surface area contributed by atoms with E-state index in [2.05, 4.69) is 20.9 Å². The third-order valence-electron chi connectivity index (χ3n) is 4.93. The number of carbonyl (C=O) groups excluding carboxylic acids is 1. The lowest BCUT2D eigenvalue weighted by atomic mass is 9.98. The van der Waals surface area contributed by atoms with Crippen molar-refractivity contribution in [2.75, 3.05) is 26.7 Å². The van der Waals surface area contributed by atoms with Crippen LogP contribution in [0.1, 0.15) is 67.8 Å². The van der Waals surface area contributed by atoms with Crippen LogP contribution in [0.3, 0.4) is 0 Å². The number of hydrogen-bond donors (Lipinski definition) is 3. The van der Waals surface area contributed by atoms with Crippen LogP contribution in [0, 0.1) is 0 Å². The smallest absolute Gasteiger partial charge is 0.251 e. The van der Waals surface area contributed by atoms with Crippen molar-refractivity contribution in [1.82, 2.24) is 16.0 Å². The number of hydrogen-bond acceptors (Lipinski definition) is 3. The van der Waals surface area contributed by atoms with Crippen molar-refractivity contribution in [2.24, 2.45) is 4.99 Å². The number of ether oxygens (including phenoxy) is 1. The van der Waals surface area contributed by atoms with Crippen molar-refractivity contribution in [3.8, 4) is 0 Å². The average molecular weight is 516 g/mol. The minimum absolute atomic E-state index is 0. The molecule has 1 saturated carbocycles. The number of guanidine groups is 1. The lowest BCUT2D eigenvalue weighted by Gasteiger charge is -2.22. The van der Waals surface area contributed by atoms with Gasteiger partial charge in [0.1, 0.15) is 0 Å². The van der Waals surface area contributed by atoms with Crippen LogP contribution in [0.5, 0.6) is 0 Å². The monoisotopic (exact) mass is 516 g/mol. The van der Waals surface area contributed by atoms with E-state index in [-0.39, 0.29) is 29.9 Å². The first-order valence-corrected chi connectivity index (χ1v) is 10.7. The van der Waals surface area contributed by atoms with Crippen LogP contribution in [0.2, 0.25) is 0 Å². The molecule has 0 aromatic heterocycles. The number of rotatable bonds is 10. The minimum atomic E-state index is -0.0239. The predicted molar refractivity (Wildman–Crippen MR) is 130 cm³/mol. The molecule has 1 aromatic carbocycles. The largest absolute Gasteiger partial charge is 0.378 e. The van der Waals surface area contributed by atoms with Crippen molar-refractivity contribution in [3.05, 3.63) is 35.4 Å². The van der Waals surface area contributed by atoms with Crippen LogP contribution >= 0.6 is 24.0 Å². The van der Waals surface area contributed by atoms with E-state index < -0.39 is 0 Å². The highest BCUT2D eigenvalue weighted by atomic mass is 127. The van der Waals surface area contributed by atoms with Crippen LogP contribution < -0.4 is 16.0 Å². The van der Waals surface area contributed by atoms with E-state index in [4.69, 9.17) is 4.74 Å². The molecule has 7 heteroatoms. The molecule has 0 aliphatic heterocycles. The quantitative estimate of drug-likeness (QED) is 0.191. The highest BCUT2D eigenvalue weighted by Crippen LogP contribution is 2.20. The van der Waals surface area contributed by atoms with Crippen LogP contribution in [-0.4, -0.2) is 44.7 Å². The fourth-order valence-electron chi connectivity index (χ4n) is 3.33. The van der Waals surface area contributed by atoms with Crippen LogP contribution in [0.15, 0.2) is 29.3 Å². The third-order valence-corrected chi connectivity index (χ3v) is 4.93. The van der Waals surface area contributed by atoms with E-state index in [0.29, 0.717) is 24.8 Å². The number of aliphatic imine (C=N–C) groups is 1. The van der Waals surface area contributed by atoms with Gasteiger partial charge in [0.2, 0.25) is 0 Å². The van der Waals surface area contributed by atoms with Gasteiger partial charge in [-0.3, -0.25) is 9.79 Å². The Morgan fingerprint density at radius 1 is 1.14 bits per heavy atom. The molecule has 29 heavy (non-hydrogen) atoms. The summed E-state index contributed by atoms with van der Waals surface area (Å²) < 4.78 is 5.95. The maximum Gasteiger partial charge on any atom is 0.251 e. The first-order valence-electron chi connectivity index (χ1n) is 10.7. The summed E-state index contributed by atoms with van der Waals surface area (Å²) >= 11 is 0. The molecule has 0 heterocycles. The Hall–Kier alpha value is -1.35. The fourth-order valence-corrected chi connectivity index (χ4v) is 3.33. The second-order valence-corrected chi connectivity index (χ2v) is 7.29. The molecule has 0 bridgehead atoms. The van der Waals surface area contributed by atoms with Crippen molar-refractivity contribution >= 4 is 35.8 Å². The number of carbonyl (C=O) groups is 1. The van der Waals surface area contributed by atoms with E-state index >= 15 is 0 Å². The van der Waals surface area contributed by atoms with Crippen molar-refractivity contribution in [1.29, 1.82) is 0 Å².